The van der Waals surface area contributed by atoms with E-state index in [0.717, 1.165) is 18.4 Å². The van der Waals surface area contributed by atoms with Crippen molar-refractivity contribution < 1.29 is 19.1 Å². The lowest BCUT2D eigenvalue weighted by Gasteiger charge is -2.33. The molecule has 1 atom stereocenters. The van der Waals surface area contributed by atoms with Gasteiger partial charge in [-0.1, -0.05) is 18.9 Å². The molecule has 29 heavy (non-hydrogen) atoms. The Labute approximate surface area is 172 Å². The second-order valence-electron chi connectivity index (χ2n) is 8.28. The number of hydrogen-bond acceptors (Lipinski definition) is 4. The van der Waals surface area contributed by atoms with Gasteiger partial charge in [0.1, 0.15) is 0 Å². The van der Waals surface area contributed by atoms with Gasteiger partial charge >= 0.3 is 0 Å². The fourth-order valence-electron chi connectivity index (χ4n) is 4.02. The molecule has 1 aliphatic heterocycles. The third-order valence-electron chi connectivity index (χ3n) is 5.78. The number of nitrogens with zero attached hydrogens (tertiary/aromatic N) is 2. The smallest absolute Gasteiger partial charge is 0.254 e. The first kappa shape index (κ1) is 21.3. The molecule has 1 N–H and O–H groups in total. The number of amides is 3. The van der Waals surface area contributed by atoms with Crippen molar-refractivity contribution in [1.82, 2.24) is 9.80 Å². The number of benzene rings is 1. The molecular formula is C22H31N3O4. The molecular weight excluding hydrogens is 370 g/mol. The van der Waals surface area contributed by atoms with Crippen molar-refractivity contribution in [3.8, 4) is 0 Å². The van der Waals surface area contributed by atoms with Gasteiger partial charge in [-0.25, -0.2) is 0 Å². The topological polar surface area (TPSA) is 79.0 Å². The van der Waals surface area contributed by atoms with E-state index in [9.17, 15) is 14.4 Å². The Hall–Kier alpha value is -2.41. The normalized spacial score (nSPS) is 19.8. The standard InChI is InChI=1S/C22H31N3O4/c1-15-8-9-17(13-18(15)23-20(26)12-16-6-4-5-7-16)21(27)25-10-11-29-19(14-25)22(28)24(2)3/h8-9,13,16,19H,4-7,10-12,14H2,1-3H3,(H,23,26). The molecule has 0 bridgehead atoms. The van der Waals surface area contributed by atoms with E-state index in [1.54, 1.807) is 31.1 Å². The maximum Gasteiger partial charge on any atom is 0.254 e. The molecule has 7 nitrogen and oxygen atoms in total. The van der Waals surface area contributed by atoms with E-state index in [0.29, 0.717) is 36.7 Å². The molecule has 2 aliphatic rings. The van der Waals surface area contributed by atoms with Gasteiger partial charge in [0.05, 0.1) is 13.2 Å². The second kappa shape index (κ2) is 9.39. The Morgan fingerprint density at radius 1 is 1.21 bits per heavy atom. The predicted octanol–water partition coefficient (Wildman–Crippen LogP) is 2.44. The van der Waals surface area contributed by atoms with Crippen molar-refractivity contribution in [3.05, 3.63) is 29.3 Å². The molecule has 1 saturated heterocycles. The van der Waals surface area contributed by atoms with Crippen LogP contribution in [0.25, 0.3) is 0 Å². The molecule has 1 saturated carbocycles. The van der Waals surface area contributed by atoms with Crippen LogP contribution in [0, 0.1) is 12.8 Å². The fraction of sp³-hybridized carbons (Fsp3) is 0.591. The number of anilines is 1. The number of carbonyl (C=O) groups is 3. The summed E-state index contributed by atoms with van der Waals surface area (Å²) in [7, 11) is 3.35. The quantitative estimate of drug-likeness (QED) is 0.822. The summed E-state index contributed by atoms with van der Waals surface area (Å²) in [4.78, 5) is 40.7. The van der Waals surface area contributed by atoms with Crippen LogP contribution in [-0.2, 0) is 14.3 Å². The zero-order valence-corrected chi connectivity index (χ0v) is 17.6. The monoisotopic (exact) mass is 401 g/mol. The van der Waals surface area contributed by atoms with Gasteiger partial charge in [0.25, 0.3) is 11.8 Å². The second-order valence-corrected chi connectivity index (χ2v) is 8.28. The molecule has 0 radical (unpaired) electrons. The molecule has 0 spiro atoms. The van der Waals surface area contributed by atoms with Crippen molar-refractivity contribution in [2.24, 2.45) is 5.92 Å². The highest BCUT2D eigenvalue weighted by Gasteiger charge is 2.30. The molecule has 1 heterocycles. The predicted molar refractivity (Wildman–Crippen MR) is 111 cm³/mol. The first-order valence-electron chi connectivity index (χ1n) is 10.4. The molecule has 1 unspecified atom stereocenters. The van der Waals surface area contributed by atoms with Gasteiger partial charge in [-0.3, -0.25) is 14.4 Å². The molecule has 0 aromatic heterocycles. The summed E-state index contributed by atoms with van der Waals surface area (Å²) < 4.78 is 5.53. The van der Waals surface area contributed by atoms with Gasteiger partial charge in [-0.2, -0.15) is 0 Å². The highest BCUT2D eigenvalue weighted by atomic mass is 16.5. The molecule has 3 rings (SSSR count). The van der Waals surface area contributed by atoms with Crippen LogP contribution in [0.2, 0.25) is 0 Å². The lowest BCUT2D eigenvalue weighted by Crippen LogP contribution is -2.51. The Morgan fingerprint density at radius 3 is 2.62 bits per heavy atom. The maximum absolute atomic E-state index is 13.0. The number of nitrogens with one attached hydrogen (secondary N) is 1. The summed E-state index contributed by atoms with van der Waals surface area (Å²) in [6.07, 6.45) is 4.55. The summed E-state index contributed by atoms with van der Waals surface area (Å²) in [5.41, 5.74) is 2.10. The van der Waals surface area contributed by atoms with Crippen molar-refractivity contribution in [2.75, 3.05) is 39.1 Å². The summed E-state index contributed by atoms with van der Waals surface area (Å²) in [6, 6.07) is 5.35. The lowest BCUT2D eigenvalue weighted by molar-refractivity contribution is -0.145. The molecule has 1 aromatic carbocycles. The number of aryl methyl sites for hydroxylation is 1. The fourth-order valence-corrected chi connectivity index (χ4v) is 4.02. The van der Waals surface area contributed by atoms with E-state index < -0.39 is 6.10 Å². The summed E-state index contributed by atoms with van der Waals surface area (Å²) in [5, 5.41) is 2.98. The van der Waals surface area contributed by atoms with Crippen LogP contribution in [0.15, 0.2) is 18.2 Å². The average Bonchev–Trinajstić information content (AvgIpc) is 3.21. The lowest BCUT2D eigenvalue weighted by atomic mass is 10.0. The third-order valence-corrected chi connectivity index (χ3v) is 5.78. The van der Waals surface area contributed by atoms with E-state index in [4.69, 9.17) is 4.74 Å². The van der Waals surface area contributed by atoms with Crippen molar-refractivity contribution >= 4 is 23.4 Å². The van der Waals surface area contributed by atoms with Gasteiger partial charge in [-0.05, 0) is 43.4 Å². The maximum atomic E-state index is 13.0. The van der Waals surface area contributed by atoms with Crippen LogP contribution >= 0.6 is 0 Å². The largest absolute Gasteiger partial charge is 0.365 e. The van der Waals surface area contributed by atoms with Crippen molar-refractivity contribution in [3.63, 3.8) is 0 Å². The van der Waals surface area contributed by atoms with Gasteiger partial charge in [0, 0.05) is 38.3 Å². The zero-order valence-electron chi connectivity index (χ0n) is 17.6. The number of likely N-dealkylation sites (N-methyl/N-ethyl adjacent to an activating group) is 1. The third kappa shape index (κ3) is 5.35. The number of rotatable bonds is 5. The highest BCUT2D eigenvalue weighted by Crippen LogP contribution is 2.28. The minimum absolute atomic E-state index is 0.00705. The first-order chi connectivity index (χ1) is 13.8. The first-order valence-corrected chi connectivity index (χ1v) is 10.4. The van der Waals surface area contributed by atoms with Crippen LogP contribution in [0.3, 0.4) is 0 Å². The van der Waals surface area contributed by atoms with E-state index in [1.165, 1.54) is 17.7 Å². The molecule has 3 amide bonds. The van der Waals surface area contributed by atoms with Gasteiger partial charge in [0.15, 0.2) is 6.10 Å². The van der Waals surface area contributed by atoms with Crippen molar-refractivity contribution in [2.45, 2.75) is 45.1 Å². The Bertz CT molecular complexity index is 771. The minimum Gasteiger partial charge on any atom is -0.365 e. The minimum atomic E-state index is -0.640. The van der Waals surface area contributed by atoms with E-state index in [-0.39, 0.29) is 24.3 Å². The molecule has 7 heteroatoms. The van der Waals surface area contributed by atoms with E-state index in [2.05, 4.69) is 5.32 Å². The molecule has 2 fully saturated rings. The summed E-state index contributed by atoms with van der Waals surface area (Å²) in [5.74, 6) is 0.176. The Balaban J connectivity index is 1.67. The Morgan fingerprint density at radius 2 is 1.93 bits per heavy atom. The summed E-state index contributed by atoms with van der Waals surface area (Å²) in [6.45, 7) is 2.91. The van der Waals surface area contributed by atoms with E-state index in [1.807, 2.05) is 13.0 Å². The van der Waals surface area contributed by atoms with Crippen molar-refractivity contribution in [1.29, 1.82) is 0 Å². The van der Waals surface area contributed by atoms with Gasteiger partial charge < -0.3 is 19.9 Å². The van der Waals surface area contributed by atoms with Crippen LogP contribution in [-0.4, -0.2) is 67.4 Å². The van der Waals surface area contributed by atoms with Gasteiger partial charge in [-0.15, -0.1) is 0 Å². The van der Waals surface area contributed by atoms with Crippen LogP contribution in [0.1, 0.15) is 48.0 Å². The van der Waals surface area contributed by atoms with Gasteiger partial charge in [0.2, 0.25) is 5.91 Å². The number of ether oxygens (including phenoxy) is 1. The number of morpholine rings is 1. The van der Waals surface area contributed by atoms with Crippen LogP contribution < -0.4 is 5.32 Å². The highest BCUT2D eigenvalue weighted by molar-refractivity contribution is 5.98. The summed E-state index contributed by atoms with van der Waals surface area (Å²) >= 11 is 0. The Kier molecular flexibility index (Phi) is 6.90. The molecule has 1 aromatic rings. The average molecular weight is 402 g/mol. The van der Waals surface area contributed by atoms with Crippen LogP contribution in [0.4, 0.5) is 5.69 Å². The van der Waals surface area contributed by atoms with E-state index >= 15 is 0 Å². The number of hydrogen-bond donors (Lipinski definition) is 1. The molecule has 158 valence electrons. The molecule has 1 aliphatic carbocycles. The number of carbonyl (C=O) groups excluding carboxylic acids is 3. The SMILES string of the molecule is Cc1ccc(C(=O)N2CCOC(C(=O)N(C)C)C2)cc1NC(=O)CC1CCCC1. The van der Waals surface area contributed by atoms with Crippen LogP contribution in [0.5, 0.6) is 0 Å². The zero-order chi connectivity index (χ0) is 21.0.